The second-order valence-electron chi connectivity index (χ2n) is 4.09. The van der Waals surface area contributed by atoms with E-state index >= 15 is 0 Å². The first-order valence-electron chi connectivity index (χ1n) is 5.78. The summed E-state index contributed by atoms with van der Waals surface area (Å²) < 4.78 is 4.78. The maximum Gasteiger partial charge on any atom is 0.338 e. The molecule has 1 N–H and O–H groups in total. The topological polar surface area (TPSA) is 38.3 Å². The Kier molecular flexibility index (Phi) is 4.45. The van der Waals surface area contributed by atoms with Crippen LogP contribution >= 0.6 is 11.8 Å². The van der Waals surface area contributed by atoms with Gasteiger partial charge in [-0.3, -0.25) is 0 Å². The van der Waals surface area contributed by atoms with Crippen LogP contribution in [0, 0.1) is 0 Å². The molecule has 92 valence electrons. The monoisotopic (exact) mass is 251 g/mol. The number of esters is 1. The molecule has 1 unspecified atom stereocenters. The lowest BCUT2D eigenvalue weighted by Gasteiger charge is -2.13. The zero-order valence-corrected chi connectivity index (χ0v) is 10.8. The van der Waals surface area contributed by atoms with E-state index in [0.29, 0.717) is 11.6 Å². The summed E-state index contributed by atoms with van der Waals surface area (Å²) in [6, 6.07) is 8.17. The van der Waals surface area contributed by atoms with Gasteiger partial charge in [-0.15, -0.1) is 0 Å². The predicted octanol–water partition coefficient (Wildman–Crippen LogP) is 2.07. The largest absolute Gasteiger partial charge is 0.465 e. The van der Waals surface area contributed by atoms with Crippen LogP contribution in [-0.4, -0.2) is 30.6 Å². The maximum absolute atomic E-state index is 11.6. The van der Waals surface area contributed by atoms with Gasteiger partial charge in [0.05, 0.1) is 12.7 Å². The second-order valence-corrected chi connectivity index (χ2v) is 5.24. The number of benzene rings is 1. The van der Waals surface area contributed by atoms with Crippen molar-refractivity contribution in [1.82, 2.24) is 5.32 Å². The molecule has 0 aromatic heterocycles. The van der Waals surface area contributed by atoms with E-state index in [9.17, 15) is 4.79 Å². The Balaban J connectivity index is 2.01. The van der Waals surface area contributed by atoms with Crippen LogP contribution in [0.1, 0.15) is 22.3 Å². The second kappa shape index (κ2) is 6.07. The minimum Gasteiger partial charge on any atom is -0.465 e. The van der Waals surface area contributed by atoms with Crippen molar-refractivity contribution < 1.29 is 9.53 Å². The number of hydrogen-bond acceptors (Lipinski definition) is 4. The van der Waals surface area contributed by atoms with Crippen LogP contribution < -0.4 is 5.32 Å². The van der Waals surface area contributed by atoms with Crippen molar-refractivity contribution in [2.45, 2.75) is 19.0 Å². The summed E-state index contributed by atoms with van der Waals surface area (Å²) in [6.07, 6.45) is 1.21. The number of rotatable bonds is 4. The van der Waals surface area contributed by atoms with Gasteiger partial charge < -0.3 is 10.1 Å². The molecule has 1 aromatic carbocycles. The van der Waals surface area contributed by atoms with Gasteiger partial charge in [0.25, 0.3) is 0 Å². The Hall–Kier alpha value is -1.00. The van der Waals surface area contributed by atoms with Crippen LogP contribution in [0.5, 0.6) is 0 Å². The van der Waals surface area contributed by atoms with E-state index in [1.165, 1.54) is 25.0 Å². The Morgan fingerprint density at radius 1 is 1.53 bits per heavy atom. The molecule has 0 spiro atoms. The first kappa shape index (κ1) is 12.5. The van der Waals surface area contributed by atoms with Crippen molar-refractivity contribution in [3.8, 4) is 0 Å². The molecule has 1 aromatic rings. The fourth-order valence-corrected chi connectivity index (χ4v) is 3.12. The quantitative estimate of drug-likeness (QED) is 0.831. The molecule has 1 aliphatic heterocycles. The standard InChI is InChI=1S/C13H17NO2S/c1-16-13(15)12-5-3-2-4-10(12)8-14-11-6-7-17-9-11/h2-5,11,14H,6-9H2,1H3. The number of thioether (sulfide) groups is 1. The molecular formula is C13H17NO2S. The van der Waals surface area contributed by atoms with Gasteiger partial charge in [0.1, 0.15) is 0 Å². The third-order valence-electron chi connectivity index (χ3n) is 2.93. The number of methoxy groups -OCH3 is 1. The van der Waals surface area contributed by atoms with Crippen LogP contribution in [-0.2, 0) is 11.3 Å². The Morgan fingerprint density at radius 3 is 3.06 bits per heavy atom. The first-order valence-corrected chi connectivity index (χ1v) is 6.94. The highest BCUT2D eigenvalue weighted by molar-refractivity contribution is 7.99. The number of hydrogen-bond donors (Lipinski definition) is 1. The number of carbonyl (C=O) groups is 1. The van der Waals surface area contributed by atoms with Crippen molar-refractivity contribution >= 4 is 17.7 Å². The Bertz CT molecular complexity index is 389. The van der Waals surface area contributed by atoms with Gasteiger partial charge in [0.15, 0.2) is 0 Å². The van der Waals surface area contributed by atoms with E-state index in [1.807, 2.05) is 36.0 Å². The van der Waals surface area contributed by atoms with E-state index in [-0.39, 0.29) is 5.97 Å². The van der Waals surface area contributed by atoms with Crippen molar-refractivity contribution in [2.24, 2.45) is 0 Å². The van der Waals surface area contributed by atoms with E-state index in [0.717, 1.165) is 12.1 Å². The molecule has 17 heavy (non-hydrogen) atoms. The SMILES string of the molecule is COC(=O)c1ccccc1CNC1CCSC1. The highest BCUT2D eigenvalue weighted by Gasteiger charge is 2.16. The number of nitrogens with one attached hydrogen (secondary N) is 1. The molecular weight excluding hydrogens is 234 g/mol. The molecule has 3 nitrogen and oxygen atoms in total. The zero-order chi connectivity index (χ0) is 12.1. The van der Waals surface area contributed by atoms with Crippen LogP contribution in [0.2, 0.25) is 0 Å². The highest BCUT2D eigenvalue weighted by atomic mass is 32.2. The lowest BCUT2D eigenvalue weighted by atomic mass is 10.1. The summed E-state index contributed by atoms with van der Waals surface area (Å²) in [5, 5.41) is 3.49. The van der Waals surface area contributed by atoms with Crippen LogP contribution in [0.15, 0.2) is 24.3 Å². The molecule has 1 aliphatic rings. The van der Waals surface area contributed by atoms with Gasteiger partial charge in [0.2, 0.25) is 0 Å². The van der Waals surface area contributed by atoms with E-state index in [1.54, 1.807) is 0 Å². The molecule has 1 atom stereocenters. The Morgan fingerprint density at radius 2 is 2.35 bits per heavy atom. The summed E-state index contributed by atoms with van der Waals surface area (Å²) in [6.45, 7) is 0.733. The molecule has 0 saturated carbocycles. The zero-order valence-electron chi connectivity index (χ0n) is 9.94. The normalized spacial score (nSPS) is 19.2. The van der Waals surface area contributed by atoms with Crippen molar-refractivity contribution in [3.05, 3.63) is 35.4 Å². The number of ether oxygens (including phenoxy) is 1. The van der Waals surface area contributed by atoms with Gasteiger partial charge in [-0.2, -0.15) is 11.8 Å². The smallest absolute Gasteiger partial charge is 0.338 e. The van der Waals surface area contributed by atoms with Crippen LogP contribution in [0.4, 0.5) is 0 Å². The molecule has 4 heteroatoms. The number of carbonyl (C=O) groups excluding carboxylic acids is 1. The molecule has 0 bridgehead atoms. The third-order valence-corrected chi connectivity index (χ3v) is 4.10. The van der Waals surface area contributed by atoms with Gasteiger partial charge in [-0.25, -0.2) is 4.79 Å². The summed E-state index contributed by atoms with van der Waals surface area (Å²) in [4.78, 5) is 11.6. The summed E-state index contributed by atoms with van der Waals surface area (Å²) in [5.74, 6) is 2.14. The van der Waals surface area contributed by atoms with Gasteiger partial charge in [0, 0.05) is 18.3 Å². The third kappa shape index (κ3) is 3.23. The lowest BCUT2D eigenvalue weighted by molar-refractivity contribution is 0.0599. The van der Waals surface area contributed by atoms with E-state index in [4.69, 9.17) is 4.74 Å². The molecule has 0 aliphatic carbocycles. The summed E-state index contributed by atoms with van der Waals surface area (Å²) in [5.41, 5.74) is 1.67. The van der Waals surface area contributed by atoms with E-state index in [2.05, 4.69) is 5.32 Å². The highest BCUT2D eigenvalue weighted by Crippen LogP contribution is 2.18. The van der Waals surface area contributed by atoms with Crippen molar-refractivity contribution in [1.29, 1.82) is 0 Å². The van der Waals surface area contributed by atoms with Crippen LogP contribution in [0.3, 0.4) is 0 Å². The molecule has 0 radical (unpaired) electrons. The molecule has 1 heterocycles. The van der Waals surface area contributed by atoms with Gasteiger partial charge in [-0.05, 0) is 23.8 Å². The summed E-state index contributed by atoms with van der Waals surface area (Å²) in [7, 11) is 1.42. The van der Waals surface area contributed by atoms with Crippen LogP contribution in [0.25, 0.3) is 0 Å². The minimum atomic E-state index is -0.261. The molecule has 2 rings (SSSR count). The lowest BCUT2D eigenvalue weighted by Crippen LogP contribution is -2.28. The van der Waals surface area contributed by atoms with Crippen molar-refractivity contribution in [2.75, 3.05) is 18.6 Å². The van der Waals surface area contributed by atoms with E-state index < -0.39 is 0 Å². The average Bonchev–Trinajstić information content (AvgIpc) is 2.89. The van der Waals surface area contributed by atoms with Crippen molar-refractivity contribution in [3.63, 3.8) is 0 Å². The minimum absolute atomic E-state index is 0.261. The summed E-state index contributed by atoms with van der Waals surface area (Å²) >= 11 is 1.98. The predicted molar refractivity (Wildman–Crippen MR) is 70.4 cm³/mol. The fraction of sp³-hybridized carbons (Fsp3) is 0.462. The molecule has 0 amide bonds. The average molecular weight is 251 g/mol. The maximum atomic E-state index is 11.6. The fourth-order valence-electron chi connectivity index (χ4n) is 1.93. The molecule has 1 fully saturated rings. The molecule has 1 saturated heterocycles. The van der Waals surface area contributed by atoms with Gasteiger partial charge in [-0.1, -0.05) is 18.2 Å². The first-order chi connectivity index (χ1) is 8.31. The van der Waals surface area contributed by atoms with Gasteiger partial charge >= 0.3 is 5.97 Å². The Labute approximate surface area is 106 Å².